The molecular weight excluding hydrogens is 342 g/mol. The maximum Gasteiger partial charge on any atom is 0.241 e. The van der Waals surface area contributed by atoms with Gasteiger partial charge < -0.3 is 9.90 Å². The van der Waals surface area contributed by atoms with Crippen LogP contribution in [0.2, 0.25) is 0 Å². The summed E-state index contributed by atoms with van der Waals surface area (Å²) in [6.45, 7) is 2.07. The van der Waals surface area contributed by atoms with Crippen molar-refractivity contribution in [1.29, 1.82) is 0 Å². The number of hydrogen-bond donors (Lipinski definition) is 1. The molecule has 2 unspecified atom stereocenters. The lowest BCUT2D eigenvalue weighted by Gasteiger charge is -2.14. The van der Waals surface area contributed by atoms with Gasteiger partial charge in [-0.15, -0.1) is 0 Å². The Bertz CT molecular complexity index is 495. The summed E-state index contributed by atoms with van der Waals surface area (Å²) in [5.41, 5.74) is 0. The first-order valence-electron chi connectivity index (χ1n) is 9.98. The van der Waals surface area contributed by atoms with E-state index in [0.717, 1.165) is 51.2 Å². The van der Waals surface area contributed by atoms with Crippen molar-refractivity contribution in [1.82, 2.24) is 0 Å². The minimum absolute atomic E-state index is 0.268. The third-order valence-electron chi connectivity index (χ3n) is 4.13. The van der Waals surface area contributed by atoms with Crippen molar-refractivity contribution in [2.24, 2.45) is 0 Å². The maximum atomic E-state index is 11.1. The molecule has 0 amide bonds. The zero-order valence-corrected chi connectivity index (χ0v) is 16.5. The van der Waals surface area contributed by atoms with E-state index in [9.17, 15) is 20.0 Å². The molecule has 2 atom stereocenters. The van der Waals surface area contributed by atoms with Crippen molar-refractivity contribution in [3.8, 4) is 0 Å². The van der Waals surface area contributed by atoms with Crippen molar-refractivity contribution >= 4 is 6.29 Å². The molecule has 0 aliphatic carbocycles. The molecule has 0 aromatic carbocycles. The molecule has 0 saturated carbocycles. The summed E-state index contributed by atoms with van der Waals surface area (Å²) in [6, 6.07) is -0.912. The molecule has 0 saturated heterocycles. The molecule has 0 aromatic rings. The summed E-state index contributed by atoms with van der Waals surface area (Å²) in [6.07, 6.45) is 23.5. The van der Waals surface area contributed by atoms with Crippen LogP contribution in [0, 0.1) is 10.1 Å². The minimum Gasteiger partial charge on any atom is -0.386 e. The number of allylic oxidation sites excluding steroid dienone is 7. The number of hydrogen-bond acceptors (Lipinski definition) is 4. The van der Waals surface area contributed by atoms with Gasteiger partial charge in [-0.25, -0.2) is 0 Å². The predicted molar refractivity (Wildman–Crippen MR) is 111 cm³/mol. The number of rotatable bonds is 17. The average Bonchev–Trinajstić information content (AvgIpc) is 2.64. The quantitative estimate of drug-likeness (QED) is 0.122. The third-order valence-corrected chi connectivity index (χ3v) is 4.13. The Balaban J connectivity index is 3.94. The highest BCUT2D eigenvalue weighted by atomic mass is 16.6. The zero-order chi connectivity index (χ0) is 20.2. The van der Waals surface area contributed by atoms with E-state index in [2.05, 4.69) is 31.2 Å². The maximum absolute atomic E-state index is 11.1. The topological polar surface area (TPSA) is 80.4 Å². The number of unbranched alkanes of at least 4 members (excludes halogenated alkanes) is 3. The van der Waals surface area contributed by atoms with Gasteiger partial charge in [-0.1, -0.05) is 74.8 Å². The highest BCUT2D eigenvalue weighted by Crippen LogP contribution is 2.12. The molecule has 5 heteroatoms. The van der Waals surface area contributed by atoms with E-state index < -0.39 is 12.1 Å². The smallest absolute Gasteiger partial charge is 0.241 e. The summed E-state index contributed by atoms with van der Waals surface area (Å²) in [7, 11) is 0. The number of aldehydes is 1. The van der Waals surface area contributed by atoms with Crippen molar-refractivity contribution in [3.63, 3.8) is 0 Å². The molecule has 1 N–H and O–H groups in total. The van der Waals surface area contributed by atoms with Gasteiger partial charge in [-0.3, -0.25) is 10.1 Å². The van der Waals surface area contributed by atoms with E-state index in [4.69, 9.17) is 0 Å². The first-order valence-corrected chi connectivity index (χ1v) is 9.98. The van der Waals surface area contributed by atoms with Gasteiger partial charge in [0, 0.05) is 17.8 Å². The van der Waals surface area contributed by atoms with Crippen LogP contribution in [0.5, 0.6) is 0 Å². The van der Waals surface area contributed by atoms with Gasteiger partial charge in [0.05, 0.1) is 0 Å². The number of carbonyl (C=O) groups is 1. The summed E-state index contributed by atoms with van der Waals surface area (Å²) in [4.78, 5) is 20.9. The highest BCUT2D eigenvalue weighted by Gasteiger charge is 2.27. The number of nitrogens with zero attached hydrogens (tertiary/aromatic N) is 1. The molecule has 0 aliphatic heterocycles. The van der Waals surface area contributed by atoms with E-state index in [1.165, 1.54) is 0 Å². The Morgan fingerprint density at radius 3 is 1.96 bits per heavy atom. The Kier molecular flexibility index (Phi) is 17.4. The second-order valence-electron chi connectivity index (χ2n) is 6.49. The van der Waals surface area contributed by atoms with Crippen molar-refractivity contribution in [2.45, 2.75) is 83.3 Å². The molecule has 0 spiro atoms. The fraction of sp³-hybridized carbons (Fsp3) is 0.591. The number of nitro groups is 1. The van der Waals surface area contributed by atoms with Crippen LogP contribution in [0.4, 0.5) is 0 Å². The van der Waals surface area contributed by atoms with Gasteiger partial charge in [0.25, 0.3) is 0 Å². The van der Waals surface area contributed by atoms with Gasteiger partial charge in [-0.05, 0) is 32.1 Å². The average molecular weight is 378 g/mol. The van der Waals surface area contributed by atoms with Gasteiger partial charge in [-0.2, -0.15) is 0 Å². The molecule has 152 valence electrons. The van der Waals surface area contributed by atoms with Crippen LogP contribution in [-0.2, 0) is 4.79 Å². The Hall–Kier alpha value is -2.01. The molecule has 0 bridgehead atoms. The summed E-state index contributed by atoms with van der Waals surface area (Å²) >= 11 is 0. The summed E-state index contributed by atoms with van der Waals surface area (Å²) in [5, 5.41) is 21.1. The predicted octanol–water partition coefficient (Wildman–Crippen LogP) is 5.34. The third kappa shape index (κ3) is 15.9. The monoisotopic (exact) mass is 377 g/mol. The van der Waals surface area contributed by atoms with E-state index >= 15 is 0 Å². The molecule has 0 fully saturated rings. The van der Waals surface area contributed by atoms with Crippen molar-refractivity contribution in [3.05, 3.63) is 58.7 Å². The second-order valence-corrected chi connectivity index (χ2v) is 6.49. The Morgan fingerprint density at radius 1 is 0.889 bits per heavy atom. The lowest BCUT2D eigenvalue weighted by molar-refractivity contribution is -0.533. The normalized spacial score (nSPS) is 14.6. The Labute approximate surface area is 163 Å². The van der Waals surface area contributed by atoms with Crippen molar-refractivity contribution < 1.29 is 14.8 Å². The first-order chi connectivity index (χ1) is 13.1. The molecular formula is C22H35NO4. The van der Waals surface area contributed by atoms with E-state index in [1.807, 2.05) is 18.2 Å². The molecule has 0 aromatic heterocycles. The molecule has 0 heterocycles. The van der Waals surface area contributed by atoms with E-state index in [1.54, 1.807) is 6.08 Å². The van der Waals surface area contributed by atoms with Crippen molar-refractivity contribution in [2.75, 3.05) is 0 Å². The largest absolute Gasteiger partial charge is 0.386 e. The SMILES string of the molecule is CCCCCC(O)C(C/C=C\C/C=C\C/C=C\C/C=C\CCC=O)[N+](=O)[O-]. The number of carbonyl (C=O) groups excluding carboxylic acids is 1. The van der Waals surface area contributed by atoms with Crippen LogP contribution in [-0.4, -0.2) is 28.5 Å². The molecule has 5 nitrogen and oxygen atoms in total. The van der Waals surface area contributed by atoms with E-state index in [0.29, 0.717) is 12.8 Å². The fourth-order valence-electron chi connectivity index (χ4n) is 2.51. The van der Waals surface area contributed by atoms with Crippen LogP contribution < -0.4 is 0 Å². The van der Waals surface area contributed by atoms with Gasteiger partial charge in [0.1, 0.15) is 12.4 Å². The molecule has 0 radical (unpaired) electrons. The summed E-state index contributed by atoms with van der Waals surface area (Å²) in [5.74, 6) is 0. The fourth-order valence-corrected chi connectivity index (χ4v) is 2.51. The standard InChI is InChI=1S/C22H35NO4/c1-2-3-15-19-22(25)21(23(26)27)18-16-13-11-9-7-5-4-6-8-10-12-14-17-20-24/h4,6-7,9-10,12-13,16,20-22,25H,2-3,5,8,11,14-15,17-19H2,1H3/b6-4-,9-7-,12-10-,16-13-. The molecule has 0 rings (SSSR count). The lowest BCUT2D eigenvalue weighted by atomic mass is 10.0. The van der Waals surface area contributed by atoms with Crippen LogP contribution in [0.3, 0.4) is 0 Å². The van der Waals surface area contributed by atoms with Crippen LogP contribution in [0.25, 0.3) is 0 Å². The molecule has 27 heavy (non-hydrogen) atoms. The summed E-state index contributed by atoms with van der Waals surface area (Å²) < 4.78 is 0. The van der Waals surface area contributed by atoms with Crippen LogP contribution >= 0.6 is 0 Å². The zero-order valence-electron chi connectivity index (χ0n) is 16.5. The molecule has 0 aliphatic rings. The van der Waals surface area contributed by atoms with Gasteiger partial charge in [0.2, 0.25) is 6.04 Å². The van der Waals surface area contributed by atoms with Gasteiger partial charge in [0.15, 0.2) is 0 Å². The number of aliphatic hydroxyl groups excluding tert-OH is 1. The lowest BCUT2D eigenvalue weighted by Crippen LogP contribution is -2.33. The Morgan fingerprint density at radius 2 is 1.44 bits per heavy atom. The van der Waals surface area contributed by atoms with E-state index in [-0.39, 0.29) is 11.3 Å². The van der Waals surface area contributed by atoms with Crippen LogP contribution in [0.15, 0.2) is 48.6 Å². The van der Waals surface area contributed by atoms with Gasteiger partial charge >= 0.3 is 0 Å². The second kappa shape index (κ2) is 18.8. The first kappa shape index (κ1) is 25.0. The number of aliphatic hydroxyl groups is 1. The van der Waals surface area contributed by atoms with Crippen LogP contribution in [0.1, 0.15) is 71.1 Å². The highest BCUT2D eigenvalue weighted by molar-refractivity contribution is 5.49. The minimum atomic E-state index is -0.912.